The molecule has 0 fully saturated rings. The van der Waals surface area contributed by atoms with E-state index in [1.165, 1.54) is 0 Å². The topological polar surface area (TPSA) is 66.4 Å². The van der Waals surface area contributed by atoms with E-state index < -0.39 is 6.10 Å². The summed E-state index contributed by atoms with van der Waals surface area (Å²) in [6.45, 7) is 0. The molecule has 1 N–H and O–H groups in total. The molecule has 1 aliphatic carbocycles. The molecule has 3 rings (SSSR count). The summed E-state index contributed by atoms with van der Waals surface area (Å²) in [7, 11) is 7.98. The lowest BCUT2D eigenvalue weighted by Crippen LogP contribution is -2.03. The highest BCUT2D eigenvalue weighted by molar-refractivity contribution is 5.85. The summed E-state index contributed by atoms with van der Waals surface area (Å²) >= 11 is 0. The van der Waals surface area contributed by atoms with Crippen LogP contribution in [0.15, 0.2) is 30.3 Å². The van der Waals surface area contributed by atoms with Crippen LogP contribution in [-0.2, 0) is 6.42 Å². The summed E-state index contributed by atoms with van der Waals surface area (Å²) < 4.78 is 27.5. The van der Waals surface area contributed by atoms with Gasteiger partial charge >= 0.3 is 0 Å². The molecule has 1 atom stereocenters. The predicted molar refractivity (Wildman–Crippen MR) is 107 cm³/mol. The number of ether oxygens (including phenoxy) is 5. The van der Waals surface area contributed by atoms with Crippen LogP contribution in [0.4, 0.5) is 0 Å². The molecule has 0 saturated heterocycles. The van der Waals surface area contributed by atoms with E-state index in [0.29, 0.717) is 41.6 Å². The van der Waals surface area contributed by atoms with Gasteiger partial charge in [-0.15, -0.1) is 0 Å². The number of aliphatic hydroxyl groups excluding tert-OH is 1. The van der Waals surface area contributed by atoms with Crippen molar-refractivity contribution in [1.82, 2.24) is 0 Å². The maximum Gasteiger partial charge on any atom is 0.203 e. The molecule has 0 amide bonds. The van der Waals surface area contributed by atoms with Crippen molar-refractivity contribution < 1.29 is 28.8 Å². The molecule has 6 heteroatoms. The van der Waals surface area contributed by atoms with E-state index in [9.17, 15) is 5.11 Å². The van der Waals surface area contributed by atoms with Crippen LogP contribution in [0.2, 0.25) is 0 Å². The van der Waals surface area contributed by atoms with Crippen LogP contribution in [0.1, 0.15) is 23.1 Å². The molecule has 0 saturated carbocycles. The van der Waals surface area contributed by atoms with Gasteiger partial charge in [0.15, 0.2) is 23.0 Å². The standard InChI is InChI=1S/C22H26O6/c1-24-18-9-8-15-16(21(18)27-4)7-6-14(23)12-17(15)13-10-19(25-2)22(28-5)20(11-13)26-3/h8-12,14,23H,6-7H2,1-5H3. The zero-order valence-electron chi connectivity index (χ0n) is 16.9. The van der Waals surface area contributed by atoms with Gasteiger partial charge in [0.2, 0.25) is 5.75 Å². The van der Waals surface area contributed by atoms with Gasteiger partial charge in [-0.1, -0.05) is 6.07 Å². The molecular weight excluding hydrogens is 360 g/mol. The number of aliphatic hydroxyl groups is 1. The van der Waals surface area contributed by atoms with Gasteiger partial charge < -0.3 is 28.8 Å². The number of hydrogen-bond donors (Lipinski definition) is 1. The van der Waals surface area contributed by atoms with Crippen LogP contribution >= 0.6 is 0 Å². The second-order valence-electron chi connectivity index (χ2n) is 6.43. The van der Waals surface area contributed by atoms with Gasteiger partial charge in [-0.25, -0.2) is 0 Å². The Hall–Kier alpha value is -2.86. The van der Waals surface area contributed by atoms with E-state index in [2.05, 4.69) is 0 Å². The summed E-state index contributed by atoms with van der Waals surface area (Å²) in [6.07, 6.45) is 2.53. The van der Waals surface area contributed by atoms with E-state index in [1.54, 1.807) is 35.5 Å². The monoisotopic (exact) mass is 386 g/mol. The number of benzene rings is 2. The van der Waals surface area contributed by atoms with Crippen molar-refractivity contribution in [3.63, 3.8) is 0 Å². The van der Waals surface area contributed by atoms with Gasteiger partial charge in [0.25, 0.3) is 0 Å². The van der Waals surface area contributed by atoms with Gasteiger partial charge in [0, 0.05) is 5.56 Å². The first-order valence-corrected chi connectivity index (χ1v) is 9.02. The first-order valence-electron chi connectivity index (χ1n) is 9.02. The Kier molecular flexibility index (Phi) is 5.99. The van der Waals surface area contributed by atoms with Crippen molar-refractivity contribution in [2.45, 2.75) is 18.9 Å². The Morgan fingerprint density at radius 3 is 1.93 bits per heavy atom. The average Bonchev–Trinajstić information content (AvgIpc) is 2.90. The predicted octanol–water partition coefficient (Wildman–Crippen LogP) is 3.47. The van der Waals surface area contributed by atoms with Crippen LogP contribution in [0, 0.1) is 0 Å². The maximum absolute atomic E-state index is 10.5. The van der Waals surface area contributed by atoms with E-state index in [4.69, 9.17) is 23.7 Å². The van der Waals surface area contributed by atoms with Gasteiger partial charge in [-0.3, -0.25) is 0 Å². The first kappa shape index (κ1) is 19.9. The normalized spacial score (nSPS) is 15.8. The van der Waals surface area contributed by atoms with Gasteiger partial charge in [0.05, 0.1) is 41.7 Å². The van der Waals surface area contributed by atoms with E-state index >= 15 is 0 Å². The van der Waals surface area contributed by atoms with Crippen LogP contribution in [0.5, 0.6) is 28.7 Å². The van der Waals surface area contributed by atoms with Crippen LogP contribution in [-0.4, -0.2) is 46.8 Å². The van der Waals surface area contributed by atoms with E-state index in [-0.39, 0.29) is 0 Å². The van der Waals surface area contributed by atoms with Crippen molar-refractivity contribution >= 4 is 5.57 Å². The molecule has 0 spiro atoms. The third kappa shape index (κ3) is 3.47. The minimum Gasteiger partial charge on any atom is -0.493 e. The fourth-order valence-electron chi connectivity index (χ4n) is 3.64. The quantitative estimate of drug-likeness (QED) is 0.820. The van der Waals surface area contributed by atoms with E-state index in [0.717, 1.165) is 22.3 Å². The van der Waals surface area contributed by atoms with Gasteiger partial charge in [0.1, 0.15) is 0 Å². The SMILES string of the molecule is COc1cc(C2=CC(O)CCc3c2ccc(OC)c3OC)cc(OC)c1OC. The molecule has 0 aliphatic heterocycles. The van der Waals surface area contributed by atoms with Crippen LogP contribution < -0.4 is 23.7 Å². The molecule has 2 aromatic rings. The number of fused-ring (bicyclic) bond motifs is 1. The average molecular weight is 386 g/mol. The molecule has 0 radical (unpaired) electrons. The summed E-state index contributed by atoms with van der Waals surface area (Å²) in [5.41, 5.74) is 3.70. The molecular formula is C22H26O6. The summed E-state index contributed by atoms with van der Waals surface area (Å²) in [5, 5.41) is 10.5. The fourth-order valence-corrected chi connectivity index (χ4v) is 3.64. The second-order valence-corrected chi connectivity index (χ2v) is 6.43. The molecule has 0 aromatic heterocycles. The Morgan fingerprint density at radius 1 is 0.786 bits per heavy atom. The summed E-state index contributed by atoms with van der Waals surface area (Å²) in [5.74, 6) is 2.99. The first-order chi connectivity index (χ1) is 13.6. The Labute approximate surface area is 165 Å². The number of methoxy groups -OCH3 is 5. The minimum atomic E-state index is -0.586. The lowest BCUT2D eigenvalue weighted by atomic mass is 9.92. The zero-order valence-corrected chi connectivity index (χ0v) is 16.9. The molecule has 0 bridgehead atoms. The Balaban J connectivity index is 2.25. The second kappa shape index (κ2) is 8.44. The highest BCUT2D eigenvalue weighted by atomic mass is 16.5. The smallest absolute Gasteiger partial charge is 0.203 e. The van der Waals surface area contributed by atoms with Crippen LogP contribution in [0.3, 0.4) is 0 Å². The molecule has 2 aromatic carbocycles. The molecule has 150 valence electrons. The Morgan fingerprint density at radius 2 is 1.39 bits per heavy atom. The zero-order chi connectivity index (χ0) is 20.3. The minimum absolute atomic E-state index is 0.524. The lowest BCUT2D eigenvalue weighted by Gasteiger charge is -2.19. The Bertz CT molecular complexity index is 862. The molecule has 0 heterocycles. The highest BCUT2D eigenvalue weighted by Gasteiger charge is 2.24. The fraction of sp³-hybridized carbons (Fsp3) is 0.364. The van der Waals surface area contributed by atoms with Crippen molar-refractivity contribution in [2.24, 2.45) is 0 Å². The third-order valence-corrected chi connectivity index (χ3v) is 4.96. The van der Waals surface area contributed by atoms with Crippen molar-refractivity contribution in [3.05, 3.63) is 47.0 Å². The van der Waals surface area contributed by atoms with Crippen molar-refractivity contribution in [1.29, 1.82) is 0 Å². The summed E-state index contributed by atoms with van der Waals surface area (Å²) in [4.78, 5) is 0. The number of rotatable bonds is 6. The van der Waals surface area contributed by atoms with Crippen LogP contribution in [0.25, 0.3) is 5.57 Å². The summed E-state index contributed by atoms with van der Waals surface area (Å²) in [6, 6.07) is 7.63. The highest BCUT2D eigenvalue weighted by Crippen LogP contribution is 2.45. The van der Waals surface area contributed by atoms with Gasteiger partial charge in [-0.05, 0) is 53.8 Å². The molecule has 28 heavy (non-hydrogen) atoms. The van der Waals surface area contributed by atoms with E-state index in [1.807, 2.05) is 30.3 Å². The largest absolute Gasteiger partial charge is 0.493 e. The van der Waals surface area contributed by atoms with Gasteiger partial charge in [-0.2, -0.15) is 0 Å². The molecule has 6 nitrogen and oxygen atoms in total. The lowest BCUT2D eigenvalue weighted by molar-refractivity contribution is 0.214. The molecule has 1 aliphatic rings. The van der Waals surface area contributed by atoms with Crippen molar-refractivity contribution in [3.8, 4) is 28.7 Å². The number of hydrogen-bond acceptors (Lipinski definition) is 6. The third-order valence-electron chi connectivity index (χ3n) is 4.96. The maximum atomic E-state index is 10.5. The van der Waals surface area contributed by atoms with Crippen molar-refractivity contribution in [2.75, 3.05) is 35.5 Å². The molecule has 1 unspecified atom stereocenters.